The minimum Gasteiger partial charge on any atom is -0.341 e. The molecule has 1 N–H and O–H groups in total. The molecule has 0 saturated carbocycles. The molecule has 1 atom stereocenters. The van der Waals surface area contributed by atoms with Gasteiger partial charge in [0.15, 0.2) is 17.5 Å². The number of amides is 1. The molecule has 0 radical (unpaired) electrons. The number of halogens is 3. The summed E-state index contributed by atoms with van der Waals surface area (Å²) in [4.78, 5) is 16.9. The minimum atomic E-state index is -1.51. The van der Waals surface area contributed by atoms with E-state index in [4.69, 9.17) is 0 Å². The summed E-state index contributed by atoms with van der Waals surface area (Å²) >= 11 is 0. The molecule has 0 unspecified atom stereocenters. The van der Waals surface area contributed by atoms with Crippen LogP contribution in [0.1, 0.15) is 27.5 Å². The van der Waals surface area contributed by atoms with E-state index in [1.165, 1.54) is 0 Å². The van der Waals surface area contributed by atoms with Crippen molar-refractivity contribution in [2.24, 2.45) is 0 Å². The molecular formula is C25H17F3N2O. The third kappa shape index (κ3) is 4.48. The first kappa shape index (κ1) is 20.3. The molecule has 0 aliphatic heterocycles. The Hall–Kier alpha value is -3.93. The lowest BCUT2D eigenvalue weighted by atomic mass is 9.98. The number of aromatic nitrogens is 1. The van der Waals surface area contributed by atoms with Crippen LogP contribution in [0.15, 0.2) is 91.3 Å². The number of hydrogen-bond donors (Lipinski definition) is 1. The van der Waals surface area contributed by atoms with Crippen LogP contribution >= 0.6 is 0 Å². The lowest BCUT2D eigenvalue weighted by molar-refractivity contribution is 0.0943. The van der Waals surface area contributed by atoms with E-state index >= 15 is 0 Å². The van der Waals surface area contributed by atoms with Crippen molar-refractivity contribution < 1.29 is 18.0 Å². The lowest BCUT2D eigenvalue weighted by Gasteiger charge is -2.20. The van der Waals surface area contributed by atoms with Gasteiger partial charge in [-0.2, -0.15) is 0 Å². The largest absolute Gasteiger partial charge is 0.341 e. The predicted molar refractivity (Wildman–Crippen MR) is 112 cm³/mol. The van der Waals surface area contributed by atoms with Gasteiger partial charge < -0.3 is 5.32 Å². The Labute approximate surface area is 177 Å². The third-order valence-electron chi connectivity index (χ3n) is 4.91. The molecule has 0 saturated heterocycles. The van der Waals surface area contributed by atoms with Crippen LogP contribution in [0.4, 0.5) is 13.2 Å². The molecule has 1 amide bonds. The summed E-state index contributed by atoms with van der Waals surface area (Å²) in [6.45, 7) is 0. The maximum Gasteiger partial charge on any atom is 0.252 e. The number of rotatable bonds is 5. The van der Waals surface area contributed by atoms with E-state index < -0.39 is 17.5 Å². The Morgan fingerprint density at radius 2 is 1.32 bits per heavy atom. The van der Waals surface area contributed by atoms with Gasteiger partial charge >= 0.3 is 0 Å². The Morgan fingerprint density at radius 3 is 1.94 bits per heavy atom. The molecule has 0 spiro atoms. The molecule has 0 aliphatic rings. The molecule has 1 heterocycles. The van der Waals surface area contributed by atoms with Crippen LogP contribution < -0.4 is 5.32 Å². The SMILES string of the molecule is O=C(N[C@H](c1ccccc1)c1ccncc1)c1ccc(-c2cc(F)c(F)c(F)c2)cc1. The van der Waals surface area contributed by atoms with Crippen LogP contribution in [0.2, 0.25) is 0 Å². The van der Waals surface area contributed by atoms with Crippen LogP contribution in [-0.2, 0) is 0 Å². The molecule has 1 aromatic heterocycles. The fourth-order valence-corrected chi connectivity index (χ4v) is 3.31. The molecule has 4 rings (SSSR count). The molecule has 3 nitrogen and oxygen atoms in total. The summed E-state index contributed by atoms with van der Waals surface area (Å²) in [5.41, 5.74) is 2.81. The van der Waals surface area contributed by atoms with Crippen molar-refractivity contribution in [3.63, 3.8) is 0 Å². The Bertz CT molecular complexity index is 1130. The van der Waals surface area contributed by atoms with Crippen molar-refractivity contribution >= 4 is 5.91 Å². The van der Waals surface area contributed by atoms with E-state index in [-0.39, 0.29) is 17.5 Å². The van der Waals surface area contributed by atoms with Crippen molar-refractivity contribution in [2.45, 2.75) is 6.04 Å². The smallest absolute Gasteiger partial charge is 0.252 e. The van der Waals surface area contributed by atoms with Gasteiger partial charge in [0.2, 0.25) is 0 Å². The van der Waals surface area contributed by atoms with E-state index in [9.17, 15) is 18.0 Å². The zero-order chi connectivity index (χ0) is 21.8. The van der Waals surface area contributed by atoms with E-state index in [0.717, 1.165) is 23.3 Å². The quantitative estimate of drug-likeness (QED) is 0.424. The third-order valence-corrected chi connectivity index (χ3v) is 4.91. The second-order valence-corrected chi connectivity index (χ2v) is 6.93. The Kier molecular flexibility index (Phi) is 5.80. The molecule has 0 bridgehead atoms. The maximum atomic E-state index is 13.5. The Morgan fingerprint density at radius 1 is 0.742 bits per heavy atom. The van der Waals surface area contributed by atoms with Gasteiger partial charge in [0.05, 0.1) is 6.04 Å². The van der Waals surface area contributed by atoms with Gasteiger partial charge in [0.1, 0.15) is 0 Å². The summed E-state index contributed by atoms with van der Waals surface area (Å²) < 4.78 is 40.2. The van der Waals surface area contributed by atoms with Gasteiger partial charge in [0.25, 0.3) is 5.91 Å². The Balaban J connectivity index is 1.59. The van der Waals surface area contributed by atoms with Crippen LogP contribution in [0.25, 0.3) is 11.1 Å². The van der Waals surface area contributed by atoms with Gasteiger partial charge in [-0.05, 0) is 58.7 Å². The predicted octanol–water partition coefficient (Wildman–Crippen LogP) is 5.69. The average Bonchev–Trinajstić information content (AvgIpc) is 2.81. The van der Waals surface area contributed by atoms with Crippen LogP contribution in [0.3, 0.4) is 0 Å². The number of benzene rings is 3. The second-order valence-electron chi connectivity index (χ2n) is 6.93. The molecule has 154 valence electrons. The molecule has 0 fully saturated rings. The number of nitrogens with zero attached hydrogens (tertiary/aromatic N) is 1. The minimum absolute atomic E-state index is 0.183. The van der Waals surface area contributed by atoms with Gasteiger partial charge in [-0.3, -0.25) is 9.78 Å². The highest BCUT2D eigenvalue weighted by atomic mass is 19.2. The normalized spacial score (nSPS) is 11.7. The molecule has 6 heteroatoms. The molecular weight excluding hydrogens is 401 g/mol. The monoisotopic (exact) mass is 418 g/mol. The van der Waals surface area contributed by atoms with Crippen LogP contribution in [0, 0.1) is 17.5 Å². The first-order valence-electron chi connectivity index (χ1n) is 9.53. The lowest BCUT2D eigenvalue weighted by Crippen LogP contribution is -2.29. The number of carbonyl (C=O) groups is 1. The standard InChI is InChI=1S/C25H17F3N2O/c26-21-14-20(15-22(27)23(21)28)16-6-8-19(9-7-16)25(31)30-24(17-4-2-1-3-5-17)18-10-12-29-13-11-18/h1-15,24H,(H,30,31)/t24-/m1/s1. The average molecular weight is 418 g/mol. The first-order valence-corrected chi connectivity index (χ1v) is 9.53. The van der Waals surface area contributed by atoms with Crippen molar-refractivity contribution in [1.82, 2.24) is 10.3 Å². The van der Waals surface area contributed by atoms with Gasteiger partial charge in [0, 0.05) is 18.0 Å². The fourth-order valence-electron chi connectivity index (χ4n) is 3.31. The summed E-state index contributed by atoms with van der Waals surface area (Å²) in [5, 5.41) is 3.01. The fraction of sp³-hybridized carbons (Fsp3) is 0.0400. The zero-order valence-electron chi connectivity index (χ0n) is 16.2. The van der Waals surface area contributed by atoms with Crippen LogP contribution in [-0.4, -0.2) is 10.9 Å². The maximum absolute atomic E-state index is 13.5. The number of carbonyl (C=O) groups excluding carboxylic acids is 1. The molecule has 3 aromatic carbocycles. The van der Waals surface area contributed by atoms with E-state index in [1.807, 2.05) is 42.5 Å². The number of nitrogens with one attached hydrogen (secondary N) is 1. The van der Waals surface area contributed by atoms with Crippen molar-refractivity contribution in [3.8, 4) is 11.1 Å². The van der Waals surface area contributed by atoms with Gasteiger partial charge in [-0.15, -0.1) is 0 Å². The first-order chi connectivity index (χ1) is 15.0. The highest BCUT2D eigenvalue weighted by Gasteiger charge is 2.18. The van der Waals surface area contributed by atoms with Gasteiger partial charge in [-0.1, -0.05) is 42.5 Å². The topological polar surface area (TPSA) is 42.0 Å². The molecule has 4 aromatic rings. The zero-order valence-corrected chi connectivity index (χ0v) is 16.2. The van der Waals surface area contributed by atoms with Crippen LogP contribution in [0.5, 0.6) is 0 Å². The van der Waals surface area contributed by atoms with E-state index in [0.29, 0.717) is 11.1 Å². The summed E-state index contributed by atoms with van der Waals surface area (Å²) in [6, 6.07) is 20.9. The summed E-state index contributed by atoms with van der Waals surface area (Å²) in [7, 11) is 0. The molecule has 0 aliphatic carbocycles. The number of hydrogen-bond acceptors (Lipinski definition) is 2. The van der Waals surface area contributed by atoms with Crippen molar-refractivity contribution in [3.05, 3.63) is 125 Å². The number of pyridine rings is 1. The van der Waals surface area contributed by atoms with E-state index in [1.54, 1.807) is 36.7 Å². The summed E-state index contributed by atoms with van der Waals surface area (Å²) in [5.74, 6) is -4.35. The van der Waals surface area contributed by atoms with Gasteiger partial charge in [-0.25, -0.2) is 13.2 Å². The second kappa shape index (κ2) is 8.83. The van der Waals surface area contributed by atoms with E-state index in [2.05, 4.69) is 10.3 Å². The highest BCUT2D eigenvalue weighted by Crippen LogP contribution is 2.25. The molecule has 31 heavy (non-hydrogen) atoms. The van der Waals surface area contributed by atoms with Crippen molar-refractivity contribution in [1.29, 1.82) is 0 Å². The van der Waals surface area contributed by atoms with Crippen molar-refractivity contribution in [2.75, 3.05) is 0 Å². The summed E-state index contributed by atoms with van der Waals surface area (Å²) in [6.07, 6.45) is 3.32. The highest BCUT2D eigenvalue weighted by molar-refractivity contribution is 5.95.